The molecule has 2 aromatic rings. The van der Waals surface area contributed by atoms with E-state index in [1.807, 2.05) is 6.07 Å². The highest BCUT2D eigenvalue weighted by molar-refractivity contribution is 5.75. The molecule has 12 nitrogen and oxygen atoms in total. The maximum Gasteiger partial charge on any atom is 0.303 e. The predicted molar refractivity (Wildman–Crippen MR) is 134 cm³/mol. The van der Waals surface area contributed by atoms with E-state index in [0.29, 0.717) is 11.1 Å². The van der Waals surface area contributed by atoms with E-state index in [-0.39, 0.29) is 30.1 Å². The lowest BCUT2D eigenvalue weighted by Gasteiger charge is -2.44. The molecule has 0 bridgehead atoms. The SMILES string of the molecule is CC(=O)OC[C@H]1O[C@@H](Cc2cc(-c3ccc(F)cc3)c(C#N)c(N)n2)[C@H](OC(C)=O)[C@@H](OC(C)=O)[C@@H]1OC(C)=O. The Morgan fingerprint density at radius 3 is 2.00 bits per heavy atom. The lowest BCUT2D eigenvalue weighted by Crippen LogP contribution is -2.62. The Labute approximate surface area is 229 Å². The first-order valence-electron chi connectivity index (χ1n) is 12.2. The number of hydrogen-bond donors (Lipinski definition) is 1. The van der Waals surface area contributed by atoms with E-state index in [1.54, 1.807) is 6.07 Å². The quantitative estimate of drug-likeness (QED) is 0.369. The number of nitrogen functional groups attached to an aromatic ring is 1. The Kier molecular flexibility index (Phi) is 9.73. The Balaban J connectivity index is 2.08. The molecule has 13 heteroatoms. The Hall–Kier alpha value is -4.57. The van der Waals surface area contributed by atoms with Crippen molar-refractivity contribution >= 4 is 29.7 Å². The molecule has 1 fully saturated rings. The van der Waals surface area contributed by atoms with Gasteiger partial charge in [-0.1, -0.05) is 12.1 Å². The summed E-state index contributed by atoms with van der Waals surface area (Å²) in [6.45, 7) is 4.18. The van der Waals surface area contributed by atoms with Gasteiger partial charge in [0.05, 0.1) is 0 Å². The van der Waals surface area contributed by atoms with Crippen LogP contribution in [-0.4, -0.2) is 66.0 Å². The van der Waals surface area contributed by atoms with E-state index in [2.05, 4.69) is 4.98 Å². The maximum absolute atomic E-state index is 13.5. The lowest BCUT2D eigenvalue weighted by atomic mass is 9.91. The zero-order valence-electron chi connectivity index (χ0n) is 22.2. The fraction of sp³-hybridized carbons (Fsp3) is 0.407. The predicted octanol–water partition coefficient (Wildman–Crippen LogP) is 2.01. The average molecular weight is 558 g/mol. The van der Waals surface area contributed by atoms with Gasteiger partial charge < -0.3 is 29.4 Å². The molecule has 0 radical (unpaired) electrons. The minimum atomic E-state index is -1.34. The van der Waals surface area contributed by atoms with Crippen molar-refractivity contribution in [2.45, 2.75) is 64.6 Å². The van der Waals surface area contributed by atoms with Gasteiger partial charge in [0.1, 0.15) is 42.1 Å². The number of aromatic nitrogens is 1. The number of ether oxygens (including phenoxy) is 5. The van der Waals surface area contributed by atoms with Crippen LogP contribution in [0.5, 0.6) is 0 Å². The summed E-state index contributed by atoms with van der Waals surface area (Å²) in [7, 11) is 0. The van der Waals surface area contributed by atoms with Crippen molar-refractivity contribution in [1.29, 1.82) is 5.26 Å². The molecule has 2 heterocycles. The van der Waals surface area contributed by atoms with E-state index in [1.165, 1.54) is 31.2 Å². The van der Waals surface area contributed by atoms with Gasteiger partial charge >= 0.3 is 23.9 Å². The van der Waals surface area contributed by atoms with Gasteiger partial charge in [0.2, 0.25) is 0 Å². The second-order valence-corrected chi connectivity index (χ2v) is 8.98. The number of benzene rings is 1. The van der Waals surface area contributed by atoms with Crippen LogP contribution in [0.2, 0.25) is 0 Å². The summed E-state index contributed by atoms with van der Waals surface area (Å²) in [5.41, 5.74) is 7.30. The summed E-state index contributed by atoms with van der Waals surface area (Å²) in [4.78, 5) is 51.8. The number of esters is 4. The summed E-state index contributed by atoms with van der Waals surface area (Å²) < 4.78 is 41.0. The summed E-state index contributed by atoms with van der Waals surface area (Å²) in [5, 5.41) is 9.67. The zero-order chi connectivity index (χ0) is 29.6. The van der Waals surface area contributed by atoms with Crippen LogP contribution in [0.3, 0.4) is 0 Å². The highest BCUT2D eigenvalue weighted by atomic mass is 19.1. The first-order chi connectivity index (χ1) is 18.9. The van der Waals surface area contributed by atoms with Gasteiger partial charge in [0.25, 0.3) is 0 Å². The van der Waals surface area contributed by atoms with Crippen molar-refractivity contribution < 1.29 is 47.3 Å². The van der Waals surface area contributed by atoms with Crippen LogP contribution in [-0.2, 0) is 49.3 Å². The molecule has 0 aliphatic carbocycles. The molecule has 3 rings (SSSR count). The molecule has 212 valence electrons. The summed E-state index contributed by atoms with van der Waals surface area (Å²) >= 11 is 0. The molecule has 40 heavy (non-hydrogen) atoms. The van der Waals surface area contributed by atoms with E-state index in [9.17, 15) is 28.8 Å². The van der Waals surface area contributed by atoms with Crippen LogP contribution in [0.15, 0.2) is 30.3 Å². The Morgan fingerprint density at radius 2 is 1.48 bits per heavy atom. The molecule has 0 saturated carbocycles. The van der Waals surface area contributed by atoms with Gasteiger partial charge in [0, 0.05) is 45.4 Å². The number of pyridine rings is 1. The third-order valence-electron chi connectivity index (χ3n) is 5.86. The highest BCUT2D eigenvalue weighted by Gasteiger charge is 2.52. The zero-order valence-corrected chi connectivity index (χ0v) is 22.2. The second kappa shape index (κ2) is 13.0. The van der Waals surface area contributed by atoms with Gasteiger partial charge in [0.15, 0.2) is 18.3 Å². The van der Waals surface area contributed by atoms with Crippen molar-refractivity contribution in [2.75, 3.05) is 12.3 Å². The Bertz CT molecular complexity index is 1330. The number of hydrogen-bond acceptors (Lipinski definition) is 12. The Morgan fingerprint density at radius 1 is 0.925 bits per heavy atom. The summed E-state index contributed by atoms with van der Waals surface area (Å²) in [6, 6.07) is 8.95. The molecule has 1 saturated heterocycles. The number of nitrogens with zero attached hydrogens (tertiary/aromatic N) is 2. The number of rotatable bonds is 8. The van der Waals surface area contributed by atoms with Gasteiger partial charge in [-0.05, 0) is 23.8 Å². The van der Waals surface area contributed by atoms with Crippen LogP contribution in [0.1, 0.15) is 39.0 Å². The molecule has 5 atom stereocenters. The number of nitrogens with two attached hydrogens (primary N) is 1. The summed E-state index contributed by atoms with van der Waals surface area (Å²) in [5.74, 6) is -3.46. The number of carbonyl (C=O) groups excluding carboxylic acids is 4. The summed E-state index contributed by atoms with van der Waals surface area (Å²) in [6.07, 6.45) is -6.20. The van der Waals surface area contributed by atoms with Crippen molar-refractivity contribution in [3.63, 3.8) is 0 Å². The van der Waals surface area contributed by atoms with Crippen LogP contribution in [0.25, 0.3) is 11.1 Å². The molecular weight excluding hydrogens is 529 g/mol. The minimum absolute atomic E-state index is 0.0666. The van der Waals surface area contributed by atoms with Crippen molar-refractivity contribution in [2.24, 2.45) is 0 Å². The molecule has 1 aliphatic heterocycles. The van der Waals surface area contributed by atoms with E-state index >= 15 is 0 Å². The number of halogens is 1. The average Bonchev–Trinajstić information content (AvgIpc) is 2.85. The van der Waals surface area contributed by atoms with E-state index < -0.39 is 60.2 Å². The number of nitriles is 1. The van der Waals surface area contributed by atoms with Gasteiger partial charge in [-0.15, -0.1) is 0 Å². The largest absolute Gasteiger partial charge is 0.463 e. The van der Waals surface area contributed by atoms with Crippen LogP contribution in [0.4, 0.5) is 10.2 Å². The molecule has 1 aliphatic rings. The molecular formula is C27H28FN3O9. The minimum Gasteiger partial charge on any atom is -0.463 e. The smallest absolute Gasteiger partial charge is 0.303 e. The number of anilines is 1. The maximum atomic E-state index is 13.5. The highest BCUT2D eigenvalue weighted by Crippen LogP contribution is 2.33. The van der Waals surface area contributed by atoms with Crippen LogP contribution >= 0.6 is 0 Å². The second-order valence-electron chi connectivity index (χ2n) is 8.98. The van der Waals surface area contributed by atoms with E-state index in [4.69, 9.17) is 29.4 Å². The molecule has 1 aromatic carbocycles. The van der Waals surface area contributed by atoms with Crippen molar-refractivity contribution in [1.82, 2.24) is 4.98 Å². The molecule has 0 amide bonds. The van der Waals surface area contributed by atoms with Crippen LogP contribution < -0.4 is 5.73 Å². The lowest BCUT2D eigenvalue weighted by molar-refractivity contribution is -0.252. The fourth-order valence-electron chi connectivity index (χ4n) is 4.39. The third-order valence-corrected chi connectivity index (χ3v) is 5.86. The van der Waals surface area contributed by atoms with E-state index in [0.717, 1.165) is 20.8 Å². The van der Waals surface area contributed by atoms with Gasteiger partial charge in [-0.2, -0.15) is 5.26 Å². The molecule has 2 N–H and O–H groups in total. The molecule has 0 unspecified atom stereocenters. The van der Waals surface area contributed by atoms with Gasteiger partial charge in [-0.25, -0.2) is 9.37 Å². The topological polar surface area (TPSA) is 177 Å². The van der Waals surface area contributed by atoms with Crippen molar-refractivity contribution in [3.8, 4) is 17.2 Å². The first-order valence-corrected chi connectivity index (χ1v) is 12.2. The normalized spacial score (nSPS) is 21.9. The fourth-order valence-corrected chi connectivity index (χ4v) is 4.39. The molecule has 0 spiro atoms. The molecule has 1 aromatic heterocycles. The third kappa shape index (κ3) is 7.51. The number of carbonyl (C=O) groups is 4. The monoisotopic (exact) mass is 557 g/mol. The van der Waals surface area contributed by atoms with Gasteiger partial charge in [-0.3, -0.25) is 19.2 Å². The van der Waals surface area contributed by atoms with Crippen LogP contribution in [0, 0.1) is 17.1 Å². The standard InChI is InChI=1S/C27H28FN3O9/c1-13(32)36-12-23-25(38-15(3)34)26(39-16(4)35)24(37-14(2)33)22(40-23)10-19-9-20(21(11-29)27(30)31-19)17-5-7-18(28)8-6-17/h5-9,22-26H,10,12H2,1-4H3,(H2,30,31)/t22-,23+,24-,25+,26+/m0/s1. The van der Waals surface area contributed by atoms with Crippen molar-refractivity contribution in [3.05, 3.63) is 47.4 Å². The first kappa shape index (κ1) is 30.0.